The van der Waals surface area contributed by atoms with E-state index >= 15 is 0 Å². The Morgan fingerprint density at radius 2 is 2.06 bits per heavy atom. The molecule has 1 aromatic heterocycles. The third-order valence-electron chi connectivity index (χ3n) is 5.88. The van der Waals surface area contributed by atoms with Crippen LogP contribution in [0.3, 0.4) is 0 Å². The molecular weight excluding hydrogens is 480 g/mol. The van der Waals surface area contributed by atoms with Crippen molar-refractivity contribution in [3.05, 3.63) is 58.0 Å². The Morgan fingerprint density at radius 1 is 1.29 bits per heavy atom. The number of halogens is 5. The van der Waals surface area contributed by atoms with Crippen molar-refractivity contribution >= 4 is 29.2 Å². The van der Waals surface area contributed by atoms with Gasteiger partial charge in [-0.3, -0.25) is 9.59 Å². The summed E-state index contributed by atoms with van der Waals surface area (Å²) in [5.41, 5.74) is 1.09. The first-order valence-corrected chi connectivity index (χ1v) is 10.8. The number of hydrogen-bond acceptors (Lipinski definition) is 5. The minimum Gasteiger partial charge on any atom is -0.367 e. The van der Waals surface area contributed by atoms with E-state index in [1.165, 1.54) is 18.2 Å². The van der Waals surface area contributed by atoms with Crippen LogP contribution in [0.5, 0.6) is 0 Å². The number of amides is 2. The Kier molecular flexibility index (Phi) is 6.68. The Bertz CT molecular complexity index is 1090. The highest BCUT2D eigenvalue weighted by molar-refractivity contribution is 6.30. The number of anilines is 1. The predicted molar refractivity (Wildman–Crippen MR) is 115 cm³/mol. The van der Waals surface area contributed by atoms with Crippen LogP contribution >= 0.6 is 11.6 Å². The number of hydrogen-bond donors (Lipinski definition) is 2. The second kappa shape index (κ2) is 9.38. The molecule has 1 saturated heterocycles. The largest absolute Gasteiger partial charge is 0.413 e. The molecule has 0 saturated carbocycles. The molecule has 34 heavy (non-hydrogen) atoms. The van der Waals surface area contributed by atoms with E-state index in [4.69, 9.17) is 16.3 Å². The van der Waals surface area contributed by atoms with Crippen molar-refractivity contribution < 1.29 is 31.9 Å². The van der Waals surface area contributed by atoms with Crippen molar-refractivity contribution in [1.29, 1.82) is 0 Å². The molecule has 1 aliphatic carbocycles. The maximum Gasteiger partial charge on any atom is 0.413 e. The molecule has 1 aliphatic heterocycles. The SMILES string of the molecule is CN(C(=O)C1CNC(=O)CO1)[C@@H](c1ccc(NC2Cc3ccc(Cl)c(F)c3C2)nc1)C(F)(F)F. The molecule has 2 heterocycles. The third kappa shape index (κ3) is 4.95. The summed E-state index contributed by atoms with van der Waals surface area (Å²) in [7, 11) is 1.03. The summed E-state index contributed by atoms with van der Waals surface area (Å²) in [6, 6.07) is 3.42. The quantitative estimate of drug-likeness (QED) is 0.617. The van der Waals surface area contributed by atoms with E-state index in [0.717, 1.165) is 18.8 Å². The second-order valence-corrected chi connectivity index (χ2v) is 8.63. The van der Waals surface area contributed by atoms with Crippen molar-refractivity contribution in [1.82, 2.24) is 15.2 Å². The normalized spacial score (nSPS) is 20.9. The predicted octanol–water partition coefficient (Wildman–Crippen LogP) is 3.03. The van der Waals surface area contributed by atoms with Gasteiger partial charge in [0.05, 0.1) is 11.6 Å². The van der Waals surface area contributed by atoms with Crippen LogP contribution in [0, 0.1) is 5.82 Å². The fraction of sp³-hybridized carbons (Fsp3) is 0.409. The smallest absolute Gasteiger partial charge is 0.367 e. The highest BCUT2D eigenvalue weighted by Gasteiger charge is 2.47. The zero-order valence-corrected chi connectivity index (χ0v) is 18.7. The van der Waals surface area contributed by atoms with E-state index in [1.54, 1.807) is 6.07 Å². The van der Waals surface area contributed by atoms with E-state index in [2.05, 4.69) is 15.6 Å². The lowest BCUT2D eigenvalue weighted by atomic mass is 10.1. The van der Waals surface area contributed by atoms with Crippen LogP contribution in [0.1, 0.15) is 22.7 Å². The van der Waals surface area contributed by atoms with E-state index in [9.17, 15) is 27.2 Å². The number of pyridine rings is 1. The molecule has 12 heteroatoms. The zero-order chi connectivity index (χ0) is 24.6. The molecule has 7 nitrogen and oxygen atoms in total. The average molecular weight is 501 g/mol. The van der Waals surface area contributed by atoms with Gasteiger partial charge in [0.1, 0.15) is 18.2 Å². The zero-order valence-electron chi connectivity index (χ0n) is 18.0. The number of carbonyl (C=O) groups excluding carboxylic acids is 2. The number of nitrogens with zero attached hydrogens (tertiary/aromatic N) is 2. The lowest BCUT2D eigenvalue weighted by molar-refractivity contribution is -0.194. The molecule has 2 unspecified atom stereocenters. The molecule has 4 rings (SSSR count). The minimum absolute atomic E-state index is 0.0414. The van der Waals surface area contributed by atoms with Crippen LogP contribution in [0.25, 0.3) is 0 Å². The molecule has 0 spiro atoms. The van der Waals surface area contributed by atoms with Gasteiger partial charge in [-0.15, -0.1) is 0 Å². The van der Waals surface area contributed by atoms with Crippen LogP contribution in [0.4, 0.5) is 23.4 Å². The number of alkyl halides is 3. The molecule has 2 aromatic rings. The standard InChI is InChI=1S/C22H21ClF4N4O3/c1-31(21(33)16-9-29-18(32)10-34-16)20(22(25,26)27)12-3-5-17(28-8-12)30-13-6-11-2-4-15(23)19(24)14(11)7-13/h2-5,8,13,16,20H,6-7,9-10H2,1H3,(H,28,30)(H,29,32)/t13?,16?,20-/m0/s1. The number of fused-ring (bicyclic) bond motifs is 1. The molecule has 1 aromatic carbocycles. The molecule has 2 aliphatic rings. The summed E-state index contributed by atoms with van der Waals surface area (Å²) >= 11 is 5.83. The van der Waals surface area contributed by atoms with Gasteiger partial charge in [0.2, 0.25) is 5.91 Å². The van der Waals surface area contributed by atoms with Gasteiger partial charge in [0, 0.05) is 24.8 Å². The van der Waals surface area contributed by atoms with Gasteiger partial charge < -0.3 is 20.3 Å². The Balaban J connectivity index is 1.46. The van der Waals surface area contributed by atoms with Gasteiger partial charge in [-0.25, -0.2) is 9.37 Å². The van der Waals surface area contributed by atoms with Gasteiger partial charge >= 0.3 is 6.18 Å². The van der Waals surface area contributed by atoms with Gasteiger partial charge in [0.25, 0.3) is 5.91 Å². The Hall–Kier alpha value is -2.92. The number of aromatic nitrogens is 1. The van der Waals surface area contributed by atoms with Crippen LogP contribution in [0.15, 0.2) is 30.5 Å². The minimum atomic E-state index is -4.77. The average Bonchev–Trinajstić information content (AvgIpc) is 3.20. The van der Waals surface area contributed by atoms with Gasteiger partial charge in [-0.05, 0) is 36.1 Å². The van der Waals surface area contributed by atoms with Gasteiger partial charge in [-0.2, -0.15) is 13.2 Å². The molecule has 0 radical (unpaired) electrons. The first-order chi connectivity index (χ1) is 16.0. The molecule has 1 fully saturated rings. The van der Waals surface area contributed by atoms with E-state index in [0.29, 0.717) is 29.1 Å². The summed E-state index contributed by atoms with van der Waals surface area (Å²) in [4.78, 5) is 28.4. The van der Waals surface area contributed by atoms with Crippen LogP contribution in [-0.4, -0.2) is 60.2 Å². The van der Waals surface area contributed by atoms with Crippen LogP contribution < -0.4 is 10.6 Å². The first kappa shape index (κ1) is 24.2. The summed E-state index contributed by atoms with van der Waals surface area (Å²) in [6.45, 7) is -0.604. The lowest BCUT2D eigenvalue weighted by Crippen LogP contribution is -2.52. The summed E-state index contributed by atoms with van der Waals surface area (Å²) in [6.07, 6.45) is -4.05. The number of carbonyl (C=O) groups is 2. The summed E-state index contributed by atoms with van der Waals surface area (Å²) in [5.74, 6) is -1.49. The van der Waals surface area contributed by atoms with Crippen LogP contribution in [-0.2, 0) is 27.2 Å². The number of rotatable bonds is 5. The fourth-order valence-electron chi connectivity index (χ4n) is 4.23. The molecule has 0 bridgehead atoms. The van der Waals surface area contributed by atoms with Gasteiger partial charge in [0.15, 0.2) is 12.1 Å². The highest BCUT2D eigenvalue weighted by Crippen LogP contribution is 2.38. The maximum absolute atomic E-state index is 14.2. The number of likely N-dealkylation sites (N-methyl/N-ethyl adjacent to an activating group) is 1. The van der Waals surface area contributed by atoms with Crippen LogP contribution in [0.2, 0.25) is 5.02 Å². The lowest BCUT2D eigenvalue weighted by Gasteiger charge is -2.33. The van der Waals surface area contributed by atoms with Crippen molar-refractivity contribution in [3.8, 4) is 0 Å². The van der Waals surface area contributed by atoms with E-state index in [-0.39, 0.29) is 23.2 Å². The monoisotopic (exact) mass is 500 g/mol. The highest BCUT2D eigenvalue weighted by atomic mass is 35.5. The molecule has 2 amide bonds. The number of benzene rings is 1. The Labute approximate surface area is 197 Å². The van der Waals surface area contributed by atoms with E-state index in [1.807, 2.05) is 0 Å². The number of ether oxygens (including phenoxy) is 1. The van der Waals surface area contributed by atoms with Crippen molar-refractivity contribution in [3.63, 3.8) is 0 Å². The molecule has 3 atom stereocenters. The first-order valence-electron chi connectivity index (χ1n) is 10.4. The second-order valence-electron chi connectivity index (χ2n) is 8.22. The Morgan fingerprint density at radius 3 is 2.68 bits per heavy atom. The van der Waals surface area contributed by atoms with Crippen molar-refractivity contribution in [2.24, 2.45) is 0 Å². The fourth-order valence-corrected chi connectivity index (χ4v) is 4.41. The number of nitrogens with one attached hydrogen (secondary N) is 2. The van der Waals surface area contributed by atoms with E-state index < -0.39 is 42.6 Å². The maximum atomic E-state index is 14.2. The third-order valence-corrected chi connectivity index (χ3v) is 6.18. The summed E-state index contributed by atoms with van der Waals surface area (Å²) in [5, 5.41) is 5.54. The molecule has 2 N–H and O–H groups in total. The number of morpholine rings is 1. The molecular formula is C22H21ClF4N4O3. The topological polar surface area (TPSA) is 83.6 Å². The van der Waals surface area contributed by atoms with Crippen molar-refractivity contribution in [2.75, 3.05) is 25.5 Å². The molecule has 182 valence electrons. The van der Waals surface area contributed by atoms with Crippen molar-refractivity contribution in [2.45, 2.75) is 37.2 Å². The van der Waals surface area contributed by atoms with Gasteiger partial charge in [-0.1, -0.05) is 23.7 Å². The summed E-state index contributed by atoms with van der Waals surface area (Å²) < 4.78 is 61.0.